The van der Waals surface area contributed by atoms with Gasteiger partial charge in [-0.1, -0.05) is 17.7 Å². The third kappa shape index (κ3) is 4.12. The summed E-state index contributed by atoms with van der Waals surface area (Å²) in [5, 5.41) is 8.18. The van der Waals surface area contributed by atoms with Crippen LogP contribution < -0.4 is 20.1 Å². The number of fused-ring (bicyclic) bond motifs is 1. The van der Waals surface area contributed by atoms with Gasteiger partial charge in [0.05, 0.1) is 26.0 Å². The minimum atomic E-state index is -1.01. The fourth-order valence-electron chi connectivity index (χ4n) is 4.14. The van der Waals surface area contributed by atoms with Gasteiger partial charge in [-0.05, 0) is 31.5 Å². The average Bonchev–Trinajstić information content (AvgIpc) is 3.30. The van der Waals surface area contributed by atoms with E-state index in [1.807, 2.05) is 6.07 Å². The molecule has 4 rings (SSSR count). The van der Waals surface area contributed by atoms with Crippen molar-refractivity contribution >= 4 is 34.2 Å². The molecule has 1 aromatic heterocycles. The zero-order chi connectivity index (χ0) is 22.9. The molecular weight excluding hydrogens is 434 g/mol. The van der Waals surface area contributed by atoms with Gasteiger partial charge in [-0.3, -0.25) is 4.79 Å². The molecule has 0 unspecified atom stereocenters. The van der Waals surface area contributed by atoms with Crippen LogP contribution in [0.5, 0.6) is 11.6 Å². The number of esters is 1. The maximum absolute atomic E-state index is 12.9. The number of nitrogens with zero attached hydrogens (tertiary/aromatic N) is 1. The standard InChI is InChI=1S/C23H26ClN3O5/c1-4-13-10-23(13,22(29)31-5-2)27-20(28)18-9-15(11-25-18)32-21-17-8-14(24)6-7-16(17)19(30-3)12-26-21/h4,6-8,12-13,15,18,25H,1,5,9-11H2,2-3H3,(H,27,28)/t13-,15-,18+,23-/m1/s1. The Balaban J connectivity index is 1.44. The molecule has 2 fully saturated rings. The summed E-state index contributed by atoms with van der Waals surface area (Å²) in [4.78, 5) is 29.7. The molecule has 2 aliphatic rings. The molecule has 0 spiro atoms. The minimum absolute atomic E-state index is 0.126. The predicted molar refractivity (Wildman–Crippen MR) is 120 cm³/mol. The summed E-state index contributed by atoms with van der Waals surface area (Å²) < 4.78 is 16.7. The van der Waals surface area contributed by atoms with Crippen LogP contribution in [-0.4, -0.2) is 54.8 Å². The van der Waals surface area contributed by atoms with Crippen molar-refractivity contribution < 1.29 is 23.8 Å². The number of halogens is 1. The number of hydrogen-bond donors (Lipinski definition) is 2. The van der Waals surface area contributed by atoms with Gasteiger partial charge in [0, 0.05) is 34.7 Å². The van der Waals surface area contributed by atoms with E-state index in [1.165, 1.54) is 0 Å². The smallest absolute Gasteiger partial charge is 0.332 e. The highest BCUT2D eigenvalue weighted by Crippen LogP contribution is 2.45. The molecule has 1 aromatic carbocycles. The summed E-state index contributed by atoms with van der Waals surface area (Å²) in [7, 11) is 1.58. The number of methoxy groups -OCH3 is 1. The van der Waals surface area contributed by atoms with E-state index in [1.54, 1.807) is 38.4 Å². The second-order valence-electron chi connectivity index (χ2n) is 7.99. The molecule has 1 saturated carbocycles. The highest BCUT2D eigenvalue weighted by molar-refractivity contribution is 6.31. The van der Waals surface area contributed by atoms with Gasteiger partial charge in [-0.25, -0.2) is 9.78 Å². The number of benzene rings is 1. The molecule has 1 saturated heterocycles. The van der Waals surface area contributed by atoms with Crippen LogP contribution in [0.25, 0.3) is 10.8 Å². The maximum Gasteiger partial charge on any atom is 0.332 e. The van der Waals surface area contributed by atoms with Gasteiger partial charge in [0.25, 0.3) is 0 Å². The quantitative estimate of drug-likeness (QED) is 0.462. The lowest BCUT2D eigenvalue weighted by Crippen LogP contribution is -2.51. The lowest BCUT2D eigenvalue weighted by molar-refractivity contribution is -0.149. The third-order valence-corrected chi connectivity index (χ3v) is 6.20. The molecule has 0 radical (unpaired) electrons. The summed E-state index contributed by atoms with van der Waals surface area (Å²) in [5.41, 5.74) is -1.01. The van der Waals surface area contributed by atoms with Gasteiger partial charge in [0.15, 0.2) is 0 Å². The summed E-state index contributed by atoms with van der Waals surface area (Å²) >= 11 is 6.17. The van der Waals surface area contributed by atoms with Crippen molar-refractivity contribution in [3.8, 4) is 11.6 Å². The van der Waals surface area contributed by atoms with Gasteiger partial charge in [-0.2, -0.15) is 0 Å². The Bertz CT molecular complexity index is 1060. The number of hydrogen-bond acceptors (Lipinski definition) is 7. The molecule has 0 bridgehead atoms. The highest BCUT2D eigenvalue weighted by Gasteiger charge is 2.61. The Morgan fingerprint density at radius 2 is 2.22 bits per heavy atom. The van der Waals surface area contributed by atoms with Crippen molar-refractivity contribution in [2.24, 2.45) is 5.92 Å². The molecule has 4 atom stereocenters. The highest BCUT2D eigenvalue weighted by atomic mass is 35.5. The van der Waals surface area contributed by atoms with Gasteiger partial charge < -0.3 is 24.8 Å². The molecule has 2 heterocycles. The zero-order valence-corrected chi connectivity index (χ0v) is 18.8. The predicted octanol–water partition coefficient (Wildman–Crippen LogP) is 2.63. The lowest BCUT2D eigenvalue weighted by atomic mass is 10.1. The van der Waals surface area contributed by atoms with E-state index >= 15 is 0 Å². The maximum atomic E-state index is 12.9. The van der Waals surface area contributed by atoms with Crippen molar-refractivity contribution in [2.75, 3.05) is 20.3 Å². The van der Waals surface area contributed by atoms with Crippen LogP contribution in [0.3, 0.4) is 0 Å². The largest absolute Gasteiger partial charge is 0.494 e. The Kier molecular flexibility index (Phi) is 6.26. The van der Waals surface area contributed by atoms with Gasteiger partial charge in [-0.15, -0.1) is 6.58 Å². The van der Waals surface area contributed by atoms with E-state index in [0.29, 0.717) is 36.0 Å². The SMILES string of the molecule is C=C[C@@H]1C[C@]1(NC(=O)[C@@H]1C[C@@H](Oc2ncc(OC)c3ccc(Cl)cc23)CN1)C(=O)OCC. The Hall–Kier alpha value is -2.84. The number of carbonyl (C=O) groups excluding carboxylic acids is 2. The van der Waals surface area contributed by atoms with E-state index < -0.39 is 17.6 Å². The molecule has 1 aliphatic carbocycles. The first kappa shape index (κ1) is 22.4. The molecule has 170 valence electrons. The fourth-order valence-corrected chi connectivity index (χ4v) is 4.31. The minimum Gasteiger partial charge on any atom is -0.494 e. The van der Waals surface area contributed by atoms with Gasteiger partial charge >= 0.3 is 5.97 Å². The second-order valence-corrected chi connectivity index (χ2v) is 8.42. The van der Waals surface area contributed by atoms with E-state index in [-0.39, 0.29) is 24.5 Å². The number of rotatable bonds is 8. The van der Waals surface area contributed by atoms with Gasteiger partial charge in [0.1, 0.15) is 17.4 Å². The lowest BCUT2D eigenvalue weighted by Gasteiger charge is -2.20. The van der Waals surface area contributed by atoms with Crippen LogP contribution in [0.4, 0.5) is 0 Å². The first-order valence-electron chi connectivity index (χ1n) is 10.6. The summed E-state index contributed by atoms with van der Waals surface area (Å²) in [6.07, 6.45) is 3.93. The van der Waals surface area contributed by atoms with Crippen LogP contribution in [0, 0.1) is 5.92 Å². The Labute approximate surface area is 191 Å². The van der Waals surface area contributed by atoms with E-state index in [9.17, 15) is 9.59 Å². The Morgan fingerprint density at radius 1 is 1.41 bits per heavy atom. The number of nitrogens with one attached hydrogen (secondary N) is 2. The van der Waals surface area contributed by atoms with Crippen LogP contribution in [0.15, 0.2) is 37.1 Å². The number of amides is 1. The van der Waals surface area contributed by atoms with Crippen molar-refractivity contribution in [3.63, 3.8) is 0 Å². The van der Waals surface area contributed by atoms with Crippen LogP contribution >= 0.6 is 11.6 Å². The van der Waals surface area contributed by atoms with Crippen molar-refractivity contribution in [1.82, 2.24) is 15.6 Å². The molecule has 8 nitrogen and oxygen atoms in total. The Morgan fingerprint density at radius 3 is 2.91 bits per heavy atom. The molecule has 2 N–H and O–H groups in total. The van der Waals surface area contributed by atoms with Crippen molar-refractivity contribution in [3.05, 3.63) is 42.1 Å². The van der Waals surface area contributed by atoms with E-state index in [2.05, 4.69) is 22.2 Å². The van der Waals surface area contributed by atoms with Crippen LogP contribution in [0.2, 0.25) is 5.02 Å². The zero-order valence-electron chi connectivity index (χ0n) is 18.0. The molecule has 9 heteroatoms. The van der Waals surface area contributed by atoms with E-state index in [4.69, 9.17) is 25.8 Å². The van der Waals surface area contributed by atoms with Gasteiger partial charge in [0.2, 0.25) is 11.8 Å². The average molecular weight is 460 g/mol. The summed E-state index contributed by atoms with van der Waals surface area (Å²) in [6.45, 7) is 6.21. The first-order chi connectivity index (χ1) is 15.4. The van der Waals surface area contributed by atoms with Crippen LogP contribution in [0.1, 0.15) is 19.8 Å². The molecule has 1 aliphatic heterocycles. The number of aromatic nitrogens is 1. The number of ether oxygens (including phenoxy) is 3. The third-order valence-electron chi connectivity index (χ3n) is 5.97. The molecular formula is C23H26ClN3O5. The monoisotopic (exact) mass is 459 g/mol. The molecule has 1 amide bonds. The normalized spacial score (nSPS) is 26.4. The van der Waals surface area contributed by atoms with Crippen LogP contribution in [-0.2, 0) is 14.3 Å². The van der Waals surface area contributed by atoms with E-state index in [0.717, 1.165) is 10.8 Å². The fraction of sp³-hybridized carbons (Fsp3) is 0.435. The number of carbonyl (C=O) groups is 2. The second kappa shape index (κ2) is 8.96. The van der Waals surface area contributed by atoms with Crippen molar-refractivity contribution in [2.45, 2.75) is 37.5 Å². The topological polar surface area (TPSA) is 98.8 Å². The summed E-state index contributed by atoms with van der Waals surface area (Å²) in [5.74, 6) is 0.238. The first-order valence-corrected chi connectivity index (χ1v) is 10.9. The number of pyridine rings is 1. The molecule has 32 heavy (non-hydrogen) atoms. The van der Waals surface area contributed by atoms with Crippen molar-refractivity contribution in [1.29, 1.82) is 0 Å². The summed E-state index contributed by atoms with van der Waals surface area (Å²) in [6, 6.07) is 4.92. The molecule has 2 aromatic rings.